The fourth-order valence-corrected chi connectivity index (χ4v) is 4.41. The minimum Gasteiger partial charge on any atom is -0.491 e. The first-order chi connectivity index (χ1) is 16.4. The summed E-state index contributed by atoms with van der Waals surface area (Å²) in [6, 6.07) is 14.0. The summed E-state index contributed by atoms with van der Waals surface area (Å²) in [5, 5.41) is 0. The highest BCUT2D eigenvalue weighted by Crippen LogP contribution is 2.39. The second-order valence-corrected chi connectivity index (χ2v) is 8.29. The van der Waals surface area contributed by atoms with Gasteiger partial charge in [-0.05, 0) is 67.9 Å². The van der Waals surface area contributed by atoms with E-state index in [-0.39, 0.29) is 29.4 Å². The predicted octanol–water partition coefficient (Wildman–Crippen LogP) is 7.19. The molecule has 178 valence electrons. The molecule has 0 heterocycles. The van der Waals surface area contributed by atoms with E-state index in [4.69, 9.17) is 9.47 Å². The number of halogens is 4. The van der Waals surface area contributed by atoms with Gasteiger partial charge in [0.15, 0.2) is 23.1 Å². The van der Waals surface area contributed by atoms with Gasteiger partial charge in [-0.15, -0.1) is 0 Å². The fraction of sp³-hybridized carbons (Fsp3) is 0.296. The van der Waals surface area contributed by atoms with Gasteiger partial charge < -0.3 is 9.47 Å². The number of hydrogen-bond donors (Lipinski definition) is 0. The van der Waals surface area contributed by atoms with Crippen LogP contribution in [0, 0.1) is 29.2 Å². The average Bonchev–Trinajstić information content (AvgIpc) is 2.86. The van der Waals surface area contributed by atoms with Gasteiger partial charge in [-0.1, -0.05) is 36.4 Å². The van der Waals surface area contributed by atoms with Crippen molar-refractivity contribution in [1.29, 1.82) is 0 Å². The number of benzene rings is 3. The van der Waals surface area contributed by atoms with E-state index < -0.39 is 40.9 Å². The summed E-state index contributed by atoms with van der Waals surface area (Å²) in [5.41, 5.74) is 0.827. The van der Waals surface area contributed by atoms with Crippen LogP contribution in [0.15, 0.2) is 54.6 Å². The molecular weight excluding hydrogens is 448 g/mol. The molecule has 1 aliphatic carbocycles. The molecule has 0 unspecified atom stereocenters. The largest absolute Gasteiger partial charge is 0.491 e. The summed E-state index contributed by atoms with van der Waals surface area (Å²) in [7, 11) is 0. The van der Waals surface area contributed by atoms with Crippen LogP contribution in [0.2, 0.25) is 0 Å². The lowest BCUT2D eigenvalue weighted by Gasteiger charge is -2.28. The highest BCUT2D eigenvalue weighted by atomic mass is 19.2. The Balaban J connectivity index is 1.41. The monoisotopic (exact) mass is 472 g/mol. The molecule has 3 aromatic rings. The van der Waals surface area contributed by atoms with Crippen LogP contribution in [0.5, 0.6) is 11.5 Å². The number of carbonyl (C=O) groups excluding carboxylic acids is 1. The molecule has 1 saturated carbocycles. The van der Waals surface area contributed by atoms with Crippen LogP contribution in [0.4, 0.5) is 17.6 Å². The third-order valence-corrected chi connectivity index (χ3v) is 6.22. The van der Waals surface area contributed by atoms with Gasteiger partial charge in [0.05, 0.1) is 12.5 Å². The Hall–Kier alpha value is -3.35. The smallest absolute Gasteiger partial charge is 0.314 e. The van der Waals surface area contributed by atoms with Crippen LogP contribution < -0.4 is 9.47 Å². The van der Waals surface area contributed by atoms with Crippen LogP contribution in [0.1, 0.15) is 44.1 Å². The summed E-state index contributed by atoms with van der Waals surface area (Å²) >= 11 is 0. The van der Waals surface area contributed by atoms with E-state index in [1.807, 2.05) is 0 Å². The first-order valence-corrected chi connectivity index (χ1v) is 11.3. The lowest BCUT2D eigenvalue weighted by molar-refractivity contribution is -0.140. The molecule has 34 heavy (non-hydrogen) atoms. The van der Waals surface area contributed by atoms with Crippen LogP contribution in [0.25, 0.3) is 11.1 Å². The van der Waals surface area contributed by atoms with Crippen molar-refractivity contribution in [3.05, 3.63) is 83.4 Å². The van der Waals surface area contributed by atoms with Gasteiger partial charge in [-0.2, -0.15) is 8.78 Å². The van der Waals surface area contributed by atoms with Gasteiger partial charge in [-0.3, -0.25) is 4.79 Å². The van der Waals surface area contributed by atoms with Gasteiger partial charge in [0, 0.05) is 5.56 Å². The van der Waals surface area contributed by atoms with Crippen LogP contribution in [0.3, 0.4) is 0 Å². The van der Waals surface area contributed by atoms with Crippen molar-refractivity contribution < 1.29 is 31.8 Å². The molecule has 1 aliphatic rings. The van der Waals surface area contributed by atoms with Gasteiger partial charge in [0.25, 0.3) is 0 Å². The Labute approximate surface area is 195 Å². The predicted molar refractivity (Wildman–Crippen MR) is 120 cm³/mol. The van der Waals surface area contributed by atoms with Gasteiger partial charge in [0.2, 0.25) is 11.6 Å². The Morgan fingerprint density at radius 3 is 2.12 bits per heavy atom. The third-order valence-electron chi connectivity index (χ3n) is 6.22. The van der Waals surface area contributed by atoms with E-state index >= 15 is 0 Å². The summed E-state index contributed by atoms with van der Waals surface area (Å²) in [6.07, 6.45) is 1.61. The third kappa shape index (κ3) is 4.79. The summed E-state index contributed by atoms with van der Waals surface area (Å²) < 4.78 is 68.2. The molecule has 4 rings (SSSR count). The Bertz CT molecular complexity index is 1170. The van der Waals surface area contributed by atoms with Crippen molar-refractivity contribution in [2.24, 2.45) is 5.92 Å². The van der Waals surface area contributed by atoms with Crippen LogP contribution >= 0.6 is 0 Å². The summed E-state index contributed by atoms with van der Waals surface area (Å²) in [4.78, 5) is 12.6. The minimum atomic E-state index is -1.23. The lowest BCUT2D eigenvalue weighted by Crippen LogP contribution is -2.26. The van der Waals surface area contributed by atoms with Crippen molar-refractivity contribution in [1.82, 2.24) is 0 Å². The molecule has 0 aliphatic heterocycles. The van der Waals surface area contributed by atoms with Crippen molar-refractivity contribution in [2.45, 2.75) is 38.5 Å². The fourth-order valence-electron chi connectivity index (χ4n) is 4.41. The summed E-state index contributed by atoms with van der Waals surface area (Å²) in [6.45, 7) is 1.91. The van der Waals surface area contributed by atoms with Gasteiger partial charge >= 0.3 is 5.97 Å². The second kappa shape index (κ2) is 10.3. The zero-order valence-electron chi connectivity index (χ0n) is 18.6. The average molecular weight is 472 g/mol. The molecule has 0 spiro atoms. The number of ether oxygens (including phenoxy) is 2. The van der Waals surface area contributed by atoms with E-state index in [9.17, 15) is 22.4 Å². The molecule has 0 radical (unpaired) electrons. The molecule has 3 nitrogen and oxygen atoms in total. The topological polar surface area (TPSA) is 35.5 Å². The number of rotatable bonds is 6. The van der Waals surface area contributed by atoms with Crippen molar-refractivity contribution >= 4 is 5.97 Å². The SMILES string of the molecule is CCOc1ccc(C2CCC(C(=O)Oc3ccc(-c4ccccc4)c(F)c3F)CC2)c(F)c1F. The highest BCUT2D eigenvalue weighted by Gasteiger charge is 2.31. The second-order valence-electron chi connectivity index (χ2n) is 8.29. The Kier molecular flexibility index (Phi) is 7.20. The highest BCUT2D eigenvalue weighted by molar-refractivity contribution is 5.76. The number of carbonyl (C=O) groups is 1. The van der Waals surface area contributed by atoms with Gasteiger partial charge in [-0.25, -0.2) is 8.78 Å². The molecule has 0 amide bonds. The molecule has 0 atom stereocenters. The maximum Gasteiger partial charge on any atom is 0.314 e. The van der Waals surface area contributed by atoms with Crippen molar-refractivity contribution in [2.75, 3.05) is 6.61 Å². The molecule has 1 fully saturated rings. The maximum atomic E-state index is 14.6. The van der Waals surface area contributed by atoms with Crippen LogP contribution in [-0.4, -0.2) is 12.6 Å². The molecular formula is C27H24F4O3. The van der Waals surface area contributed by atoms with Gasteiger partial charge in [0.1, 0.15) is 0 Å². The van der Waals surface area contributed by atoms with Crippen molar-refractivity contribution in [3.63, 3.8) is 0 Å². The molecule has 7 heteroatoms. The lowest BCUT2D eigenvalue weighted by atomic mass is 9.78. The number of hydrogen-bond acceptors (Lipinski definition) is 3. The normalized spacial score (nSPS) is 17.9. The van der Waals surface area contributed by atoms with E-state index in [2.05, 4.69) is 0 Å². The standard InChI is InChI=1S/C27H24F4O3/c1-2-33-21-14-12-20(23(28)25(21)30)17-8-10-18(11-9-17)27(32)34-22-15-13-19(24(29)26(22)31)16-6-4-3-5-7-16/h3-7,12-15,17-18H,2,8-11H2,1H3. The minimum absolute atomic E-state index is 0.0722. The van der Waals surface area contributed by atoms with Crippen molar-refractivity contribution in [3.8, 4) is 22.6 Å². The summed E-state index contributed by atoms with van der Waals surface area (Å²) in [5.74, 6) is -6.33. The zero-order chi connectivity index (χ0) is 24.2. The quantitative estimate of drug-likeness (QED) is 0.216. The van der Waals surface area contributed by atoms with E-state index in [1.54, 1.807) is 37.3 Å². The zero-order valence-corrected chi connectivity index (χ0v) is 18.6. The molecule has 0 N–H and O–H groups in total. The maximum absolute atomic E-state index is 14.6. The Morgan fingerprint density at radius 1 is 0.794 bits per heavy atom. The Morgan fingerprint density at radius 2 is 1.44 bits per heavy atom. The first kappa shape index (κ1) is 23.8. The van der Waals surface area contributed by atoms with Crippen LogP contribution in [-0.2, 0) is 4.79 Å². The molecule has 0 saturated heterocycles. The van der Waals surface area contributed by atoms with E-state index in [0.717, 1.165) is 0 Å². The number of esters is 1. The van der Waals surface area contributed by atoms with E-state index in [1.165, 1.54) is 24.3 Å². The molecule has 0 aromatic heterocycles. The van der Waals surface area contributed by atoms with E-state index in [0.29, 0.717) is 31.2 Å². The molecule has 0 bridgehead atoms. The first-order valence-electron chi connectivity index (χ1n) is 11.3. The molecule has 3 aromatic carbocycles.